The average molecular weight is 418 g/mol. The lowest BCUT2D eigenvalue weighted by Gasteiger charge is -2.15. The predicted molar refractivity (Wildman–Crippen MR) is 111 cm³/mol. The van der Waals surface area contributed by atoms with Crippen LogP contribution in [0.25, 0.3) is 28.2 Å². The largest absolute Gasteiger partial charge is 0.394 e. The summed E-state index contributed by atoms with van der Waals surface area (Å²) in [6.07, 6.45) is 7.93. The zero-order valence-electron chi connectivity index (χ0n) is 18.0. The van der Waals surface area contributed by atoms with Crippen LogP contribution in [-0.2, 0) is 0 Å². The maximum Gasteiger partial charge on any atom is 0.240 e. The molecule has 1 aromatic carbocycles. The van der Waals surface area contributed by atoms with E-state index in [1.807, 2.05) is 6.07 Å². The first kappa shape index (κ1) is 16.6. The van der Waals surface area contributed by atoms with Crippen LogP contribution < -0.4 is 5.73 Å². The number of aromatic nitrogens is 7. The van der Waals surface area contributed by atoms with E-state index in [9.17, 15) is 9.50 Å². The summed E-state index contributed by atoms with van der Waals surface area (Å²) in [4.78, 5) is 13.0. The minimum atomic E-state index is -2.65. The molecule has 0 aliphatic carbocycles. The monoisotopic (exact) mass is 418 g/mol. The first-order valence-corrected chi connectivity index (χ1v) is 9.24. The molecule has 9 nitrogen and oxygen atoms in total. The van der Waals surface area contributed by atoms with Gasteiger partial charge in [0.15, 0.2) is 5.65 Å². The van der Waals surface area contributed by atoms with E-state index in [1.165, 1.54) is 35.1 Å². The number of rotatable bonds is 5. The van der Waals surface area contributed by atoms with Gasteiger partial charge in [-0.05, 0) is 29.8 Å². The molecule has 4 heterocycles. The molecule has 4 aromatic heterocycles. The van der Waals surface area contributed by atoms with Crippen molar-refractivity contribution in [3.05, 3.63) is 78.8 Å². The summed E-state index contributed by atoms with van der Waals surface area (Å²) in [5, 5.41) is 18.4. The first-order valence-electron chi connectivity index (χ1n) is 10.2. The molecule has 5 rings (SSSR count). The van der Waals surface area contributed by atoms with Gasteiger partial charge in [-0.3, -0.25) is 9.67 Å². The number of aliphatic hydroxyl groups is 1. The molecule has 0 bridgehead atoms. The van der Waals surface area contributed by atoms with E-state index in [4.69, 9.17) is 8.48 Å². The van der Waals surface area contributed by atoms with Gasteiger partial charge in [-0.15, -0.1) is 5.10 Å². The van der Waals surface area contributed by atoms with Crippen molar-refractivity contribution in [2.75, 3.05) is 12.3 Å². The van der Waals surface area contributed by atoms with Crippen LogP contribution in [0.15, 0.2) is 67.4 Å². The van der Waals surface area contributed by atoms with Crippen LogP contribution in [0.2, 0.25) is 0 Å². The maximum atomic E-state index is 13.3. The second-order valence-electron chi connectivity index (χ2n) is 6.77. The number of nitrogens with two attached hydrogens (primary N) is 1. The van der Waals surface area contributed by atoms with E-state index in [2.05, 4.69) is 25.1 Å². The van der Waals surface area contributed by atoms with Gasteiger partial charge in [0.1, 0.15) is 5.82 Å². The van der Waals surface area contributed by atoms with Gasteiger partial charge in [-0.25, -0.2) is 13.9 Å². The summed E-state index contributed by atoms with van der Waals surface area (Å²) in [7, 11) is 0. The van der Waals surface area contributed by atoms with E-state index in [0.717, 1.165) is 5.56 Å². The standard InChI is InChI=1S/C21H17FN8O/c22-16-3-1-13(2-4-16)19(12-31)30-11-15(8-25-30)18-10-24-9-17(26-18)14-5-6-29-20(7-14)27-21(23)28-29/h1-11,19,31H,12H2,(H2,23,28)/t19-/m0/s1/i12D2. The Morgan fingerprint density at radius 3 is 2.61 bits per heavy atom. The fourth-order valence-corrected chi connectivity index (χ4v) is 3.25. The summed E-state index contributed by atoms with van der Waals surface area (Å²) >= 11 is 0. The van der Waals surface area contributed by atoms with Gasteiger partial charge in [0, 0.05) is 23.5 Å². The lowest BCUT2D eigenvalue weighted by Crippen LogP contribution is -2.15. The summed E-state index contributed by atoms with van der Waals surface area (Å²) < 4.78 is 31.9. The Balaban J connectivity index is 1.50. The normalized spacial score (nSPS) is 13.7. The summed E-state index contributed by atoms with van der Waals surface area (Å²) in [5.74, 6) is -0.296. The molecule has 154 valence electrons. The fourth-order valence-electron chi connectivity index (χ4n) is 3.25. The van der Waals surface area contributed by atoms with Crippen molar-refractivity contribution in [2.45, 2.75) is 6.04 Å². The minimum Gasteiger partial charge on any atom is -0.394 e. The van der Waals surface area contributed by atoms with Crippen molar-refractivity contribution in [3.8, 4) is 22.5 Å². The van der Waals surface area contributed by atoms with Crippen molar-refractivity contribution in [3.63, 3.8) is 0 Å². The second kappa shape index (κ2) is 7.58. The molecule has 0 unspecified atom stereocenters. The number of hydrogen-bond acceptors (Lipinski definition) is 7. The smallest absolute Gasteiger partial charge is 0.240 e. The van der Waals surface area contributed by atoms with Gasteiger partial charge < -0.3 is 10.8 Å². The highest BCUT2D eigenvalue weighted by Crippen LogP contribution is 2.24. The number of anilines is 1. The molecule has 3 N–H and O–H groups in total. The van der Waals surface area contributed by atoms with Crippen LogP contribution in [0.1, 0.15) is 14.3 Å². The second-order valence-corrected chi connectivity index (χ2v) is 6.77. The molecule has 10 heteroatoms. The Morgan fingerprint density at radius 1 is 1.06 bits per heavy atom. The van der Waals surface area contributed by atoms with E-state index >= 15 is 0 Å². The highest BCUT2D eigenvalue weighted by Gasteiger charge is 2.16. The third-order valence-electron chi connectivity index (χ3n) is 4.75. The van der Waals surface area contributed by atoms with Crippen molar-refractivity contribution >= 4 is 11.6 Å². The van der Waals surface area contributed by atoms with E-state index in [0.29, 0.717) is 28.2 Å². The Labute approximate surface area is 178 Å². The SMILES string of the molecule is [2H]C([2H])(O)[C@@H](c1ccc(F)cc1)n1cc(-c2cncc(-c3ccn4nc(N)nc4c3)n2)cn1. The summed E-state index contributed by atoms with van der Waals surface area (Å²) in [6.45, 7) is -2.65. The van der Waals surface area contributed by atoms with Crippen molar-refractivity contribution < 1.29 is 12.2 Å². The molecule has 0 radical (unpaired) electrons. The zero-order chi connectivity index (χ0) is 23.2. The van der Waals surface area contributed by atoms with Gasteiger partial charge in [-0.2, -0.15) is 10.1 Å². The molecule has 0 saturated heterocycles. The van der Waals surface area contributed by atoms with Gasteiger partial charge in [0.2, 0.25) is 5.95 Å². The fraction of sp³-hybridized carbons (Fsp3) is 0.0952. The van der Waals surface area contributed by atoms with Crippen LogP contribution in [0, 0.1) is 5.82 Å². The molecule has 1 atom stereocenters. The predicted octanol–water partition coefficient (Wildman–Crippen LogP) is 2.35. The third-order valence-corrected chi connectivity index (χ3v) is 4.75. The number of halogens is 1. The number of nitrogens with zero attached hydrogens (tertiary/aromatic N) is 7. The van der Waals surface area contributed by atoms with Gasteiger partial charge >= 0.3 is 0 Å². The lowest BCUT2D eigenvalue weighted by atomic mass is 10.1. The highest BCUT2D eigenvalue weighted by molar-refractivity contribution is 5.66. The van der Waals surface area contributed by atoms with Crippen molar-refractivity contribution in [1.29, 1.82) is 0 Å². The minimum absolute atomic E-state index is 0.166. The number of nitrogen functional groups attached to an aromatic ring is 1. The van der Waals surface area contributed by atoms with E-state index < -0.39 is 18.4 Å². The molecular formula is C21H17FN8O. The molecule has 0 fully saturated rings. The number of hydrogen-bond donors (Lipinski definition) is 2. The van der Waals surface area contributed by atoms with Gasteiger partial charge in [-0.1, -0.05) is 12.1 Å². The highest BCUT2D eigenvalue weighted by atomic mass is 19.1. The molecular weight excluding hydrogens is 399 g/mol. The third kappa shape index (κ3) is 3.60. The van der Waals surface area contributed by atoms with Crippen LogP contribution in [0.4, 0.5) is 10.3 Å². The Bertz CT molecular complexity index is 1440. The molecule has 0 spiro atoms. The molecule has 0 saturated carbocycles. The van der Waals surface area contributed by atoms with Crippen LogP contribution >= 0.6 is 0 Å². The molecule has 5 aromatic rings. The molecule has 0 amide bonds. The van der Waals surface area contributed by atoms with Crippen molar-refractivity contribution in [1.82, 2.24) is 34.3 Å². The maximum absolute atomic E-state index is 13.3. The van der Waals surface area contributed by atoms with Gasteiger partial charge in [0.05, 0.1) is 45.3 Å². The van der Waals surface area contributed by atoms with Crippen LogP contribution in [-0.4, -0.2) is 46.0 Å². The van der Waals surface area contributed by atoms with Crippen LogP contribution in [0.5, 0.6) is 0 Å². The number of fused-ring (bicyclic) bond motifs is 1. The van der Waals surface area contributed by atoms with E-state index in [1.54, 1.807) is 35.4 Å². The quantitative estimate of drug-likeness (QED) is 0.449. The molecule has 0 aliphatic rings. The van der Waals surface area contributed by atoms with Gasteiger partial charge in [0.25, 0.3) is 0 Å². The molecule has 31 heavy (non-hydrogen) atoms. The summed E-state index contributed by atoms with van der Waals surface area (Å²) in [5.41, 5.74) is 8.97. The summed E-state index contributed by atoms with van der Waals surface area (Å²) in [6, 6.07) is 7.62. The Morgan fingerprint density at radius 2 is 1.84 bits per heavy atom. The number of pyridine rings is 1. The van der Waals surface area contributed by atoms with E-state index in [-0.39, 0.29) is 5.95 Å². The Kier molecular flexibility index (Phi) is 4.06. The molecule has 0 aliphatic heterocycles. The van der Waals surface area contributed by atoms with Crippen LogP contribution in [0.3, 0.4) is 0 Å². The first-order chi connectivity index (χ1) is 15.8. The van der Waals surface area contributed by atoms with Crippen molar-refractivity contribution in [2.24, 2.45) is 0 Å². The number of benzene rings is 1. The lowest BCUT2D eigenvalue weighted by molar-refractivity contribution is 0.241. The Hall–Kier alpha value is -4.18. The zero-order valence-corrected chi connectivity index (χ0v) is 16.0. The average Bonchev–Trinajstić information content (AvgIpc) is 3.40. The topological polar surface area (TPSA) is 120 Å².